The van der Waals surface area contributed by atoms with Crippen molar-refractivity contribution in [2.45, 2.75) is 70.7 Å². The van der Waals surface area contributed by atoms with Crippen molar-refractivity contribution in [2.75, 3.05) is 7.05 Å². The number of unbranched alkanes of at least 4 members (excludes halogenated alkanes) is 3. The Hall–Kier alpha value is -1.40. The molecule has 0 radical (unpaired) electrons. The third kappa shape index (κ3) is 5.60. The number of amides is 1. The van der Waals surface area contributed by atoms with Gasteiger partial charge in [0.2, 0.25) is 10.0 Å². The summed E-state index contributed by atoms with van der Waals surface area (Å²) < 4.78 is 26.6. The van der Waals surface area contributed by atoms with Gasteiger partial charge in [-0.2, -0.15) is 0 Å². The van der Waals surface area contributed by atoms with E-state index in [0.29, 0.717) is 11.1 Å². The van der Waals surface area contributed by atoms with Crippen LogP contribution in [0.2, 0.25) is 0 Å². The molecule has 2 N–H and O–H groups in total. The van der Waals surface area contributed by atoms with Crippen LogP contribution in [-0.2, 0) is 10.0 Å². The van der Waals surface area contributed by atoms with Gasteiger partial charge in [0.15, 0.2) is 0 Å². The van der Waals surface area contributed by atoms with E-state index in [-0.39, 0.29) is 16.8 Å². The zero-order valence-electron chi connectivity index (χ0n) is 15.4. The molecular formula is C18H30N2O3S. The lowest BCUT2D eigenvalue weighted by Gasteiger charge is -2.16. The number of carbonyl (C=O) groups is 1. The molecular weight excluding hydrogens is 324 g/mol. The van der Waals surface area contributed by atoms with E-state index >= 15 is 0 Å². The summed E-state index contributed by atoms with van der Waals surface area (Å²) in [4.78, 5) is 12.6. The Bertz CT molecular complexity index is 669. The molecule has 1 atom stereocenters. The molecule has 0 aliphatic rings. The van der Waals surface area contributed by atoms with Crippen molar-refractivity contribution >= 4 is 15.9 Å². The van der Waals surface area contributed by atoms with E-state index in [1.54, 1.807) is 13.0 Å². The summed E-state index contributed by atoms with van der Waals surface area (Å²) in [5, 5.41) is 2.96. The summed E-state index contributed by atoms with van der Waals surface area (Å²) in [5.74, 6) is -0.228. The second-order valence-electron chi connectivity index (χ2n) is 6.35. The molecule has 0 aliphatic heterocycles. The summed E-state index contributed by atoms with van der Waals surface area (Å²) in [6, 6.07) is 3.26. The highest BCUT2D eigenvalue weighted by Crippen LogP contribution is 2.21. The van der Waals surface area contributed by atoms with Crippen LogP contribution in [0.15, 0.2) is 17.0 Å². The quantitative estimate of drug-likeness (QED) is 0.668. The third-order valence-electron chi connectivity index (χ3n) is 4.31. The summed E-state index contributed by atoms with van der Waals surface area (Å²) in [7, 11) is -2.22. The number of benzene rings is 1. The van der Waals surface area contributed by atoms with Crippen LogP contribution in [0, 0.1) is 13.8 Å². The first-order chi connectivity index (χ1) is 11.2. The molecule has 0 saturated carbocycles. The highest BCUT2D eigenvalue weighted by Gasteiger charge is 2.20. The standard InChI is InChI=1S/C18H30N2O3S/c1-6-7-8-9-10-14(3)20-18(21)16-11-13(2)15(4)17(12-16)24(22,23)19-5/h11-12,14,19H,6-10H2,1-5H3,(H,20,21). The molecule has 1 amide bonds. The van der Waals surface area contributed by atoms with Gasteiger partial charge >= 0.3 is 0 Å². The van der Waals surface area contributed by atoms with Crippen molar-refractivity contribution in [1.29, 1.82) is 0 Å². The van der Waals surface area contributed by atoms with Gasteiger partial charge in [-0.1, -0.05) is 32.6 Å². The van der Waals surface area contributed by atoms with Crippen molar-refractivity contribution in [2.24, 2.45) is 0 Å². The summed E-state index contributed by atoms with van der Waals surface area (Å²) in [6.45, 7) is 7.71. The van der Waals surface area contributed by atoms with E-state index in [0.717, 1.165) is 18.4 Å². The third-order valence-corrected chi connectivity index (χ3v) is 5.85. The first-order valence-corrected chi connectivity index (χ1v) is 10.1. The molecule has 0 heterocycles. The highest BCUT2D eigenvalue weighted by atomic mass is 32.2. The van der Waals surface area contributed by atoms with Crippen LogP contribution in [0.4, 0.5) is 0 Å². The average molecular weight is 355 g/mol. The molecule has 24 heavy (non-hydrogen) atoms. The Morgan fingerprint density at radius 2 is 1.83 bits per heavy atom. The van der Waals surface area contributed by atoms with Crippen molar-refractivity contribution in [3.8, 4) is 0 Å². The van der Waals surface area contributed by atoms with Crippen LogP contribution in [-0.4, -0.2) is 27.4 Å². The van der Waals surface area contributed by atoms with E-state index in [4.69, 9.17) is 0 Å². The Morgan fingerprint density at radius 1 is 1.17 bits per heavy atom. The van der Waals surface area contributed by atoms with Crippen molar-refractivity contribution in [3.63, 3.8) is 0 Å². The summed E-state index contributed by atoms with van der Waals surface area (Å²) in [5.41, 5.74) is 1.83. The number of sulfonamides is 1. The zero-order valence-corrected chi connectivity index (χ0v) is 16.2. The molecule has 0 saturated heterocycles. The van der Waals surface area contributed by atoms with Crippen LogP contribution in [0.1, 0.15) is 67.4 Å². The molecule has 0 bridgehead atoms. The number of rotatable bonds is 9. The van der Waals surface area contributed by atoms with Crippen LogP contribution in [0.5, 0.6) is 0 Å². The Morgan fingerprint density at radius 3 is 2.42 bits per heavy atom. The maximum absolute atomic E-state index is 12.4. The fourth-order valence-corrected chi connectivity index (χ4v) is 3.67. The lowest BCUT2D eigenvalue weighted by Crippen LogP contribution is -2.33. The predicted molar refractivity (Wildman–Crippen MR) is 97.8 cm³/mol. The lowest BCUT2D eigenvalue weighted by molar-refractivity contribution is 0.0937. The molecule has 6 heteroatoms. The van der Waals surface area contributed by atoms with E-state index in [2.05, 4.69) is 17.0 Å². The molecule has 0 aromatic heterocycles. The minimum Gasteiger partial charge on any atom is -0.350 e. The van der Waals surface area contributed by atoms with E-state index in [1.807, 2.05) is 13.8 Å². The summed E-state index contributed by atoms with van der Waals surface area (Å²) >= 11 is 0. The van der Waals surface area contributed by atoms with Crippen LogP contribution in [0.3, 0.4) is 0 Å². The average Bonchev–Trinajstić information content (AvgIpc) is 2.53. The molecule has 1 rings (SSSR count). The molecule has 0 fully saturated rings. The smallest absolute Gasteiger partial charge is 0.251 e. The van der Waals surface area contributed by atoms with Gasteiger partial charge in [-0.15, -0.1) is 0 Å². The van der Waals surface area contributed by atoms with E-state index < -0.39 is 10.0 Å². The molecule has 0 aliphatic carbocycles. The molecule has 0 spiro atoms. The zero-order chi connectivity index (χ0) is 18.3. The maximum atomic E-state index is 12.4. The molecule has 1 aromatic rings. The molecule has 1 unspecified atom stereocenters. The fraction of sp³-hybridized carbons (Fsp3) is 0.611. The van der Waals surface area contributed by atoms with Gasteiger partial charge < -0.3 is 5.32 Å². The van der Waals surface area contributed by atoms with Gasteiger partial charge in [-0.3, -0.25) is 4.79 Å². The van der Waals surface area contributed by atoms with Gasteiger partial charge in [-0.25, -0.2) is 13.1 Å². The molecule has 1 aromatic carbocycles. The number of carbonyl (C=O) groups excluding carboxylic acids is 1. The first kappa shape index (κ1) is 20.6. The Balaban J connectivity index is 2.88. The highest BCUT2D eigenvalue weighted by molar-refractivity contribution is 7.89. The number of hydrogen-bond acceptors (Lipinski definition) is 3. The van der Waals surface area contributed by atoms with Crippen LogP contribution >= 0.6 is 0 Å². The number of nitrogens with one attached hydrogen (secondary N) is 2. The largest absolute Gasteiger partial charge is 0.350 e. The van der Waals surface area contributed by atoms with Gasteiger partial charge in [0.1, 0.15) is 0 Å². The van der Waals surface area contributed by atoms with Crippen molar-refractivity contribution in [1.82, 2.24) is 10.0 Å². The molecule has 136 valence electrons. The van der Waals surface area contributed by atoms with Gasteiger partial charge in [-0.05, 0) is 57.5 Å². The topological polar surface area (TPSA) is 75.3 Å². The van der Waals surface area contributed by atoms with Gasteiger partial charge in [0.05, 0.1) is 4.90 Å². The predicted octanol–water partition coefficient (Wildman–Crippen LogP) is 3.30. The van der Waals surface area contributed by atoms with E-state index in [9.17, 15) is 13.2 Å². The maximum Gasteiger partial charge on any atom is 0.251 e. The van der Waals surface area contributed by atoms with Crippen LogP contribution < -0.4 is 10.0 Å². The molecule has 5 nitrogen and oxygen atoms in total. The fourth-order valence-electron chi connectivity index (χ4n) is 2.60. The second kappa shape index (κ2) is 9.18. The first-order valence-electron chi connectivity index (χ1n) is 8.58. The summed E-state index contributed by atoms with van der Waals surface area (Å²) in [6.07, 6.45) is 5.58. The normalized spacial score (nSPS) is 12.9. The number of hydrogen-bond donors (Lipinski definition) is 2. The van der Waals surface area contributed by atoms with Gasteiger partial charge in [0, 0.05) is 11.6 Å². The minimum atomic E-state index is -3.59. The van der Waals surface area contributed by atoms with Crippen molar-refractivity contribution < 1.29 is 13.2 Å². The Kier molecular flexibility index (Phi) is 7.90. The van der Waals surface area contributed by atoms with E-state index in [1.165, 1.54) is 32.4 Å². The van der Waals surface area contributed by atoms with Gasteiger partial charge in [0.25, 0.3) is 5.91 Å². The SMILES string of the molecule is CCCCCCC(C)NC(=O)c1cc(C)c(C)c(S(=O)(=O)NC)c1. The monoisotopic (exact) mass is 354 g/mol. The van der Waals surface area contributed by atoms with Crippen molar-refractivity contribution in [3.05, 3.63) is 28.8 Å². The lowest BCUT2D eigenvalue weighted by atomic mass is 10.0. The second-order valence-corrected chi connectivity index (χ2v) is 8.20. The number of aryl methyl sites for hydroxylation is 1. The minimum absolute atomic E-state index is 0.0697. The Labute approximate surface area is 146 Å². The van der Waals surface area contributed by atoms with Crippen LogP contribution in [0.25, 0.3) is 0 Å².